The maximum absolute atomic E-state index is 12.3. The zero-order chi connectivity index (χ0) is 14.9. The molecule has 0 aliphatic heterocycles. The molecule has 2 aromatic rings. The fourth-order valence-electron chi connectivity index (χ4n) is 1.85. The zero-order valence-electron chi connectivity index (χ0n) is 11.9. The van der Waals surface area contributed by atoms with Gasteiger partial charge in [-0.1, -0.05) is 19.0 Å². The fourth-order valence-corrected chi connectivity index (χ4v) is 4.16. The Labute approximate surface area is 123 Å². The Hall–Kier alpha value is -1.34. The molecule has 0 aromatic carbocycles. The molecule has 0 spiro atoms. The first kappa shape index (κ1) is 15.1. The van der Waals surface area contributed by atoms with E-state index in [1.807, 2.05) is 6.92 Å². The summed E-state index contributed by atoms with van der Waals surface area (Å²) in [7, 11) is -3.59. The molecule has 0 radical (unpaired) electrons. The van der Waals surface area contributed by atoms with Gasteiger partial charge in [0.1, 0.15) is 9.97 Å². The molecule has 0 saturated heterocycles. The van der Waals surface area contributed by atoms with Crippen LogP contribution in [-0.2, 0) is 16.4 Å². The van der Waals surface area contributed by atoms with Crippen LogP contribution in [0.5, 0.6) is 0 Å². The van der Waals surface area contributed by atoms with Crippen LogP contribution in [0.1, 0.15) is 30.0 Å². The average molecular weight is 314 g/mol. The van der Waals surface area contributed by atoms with E-state index in [2.05, 4.69) is 23.7 Å². The highest BCUT2D eigenvalue weighted by Crippen LogP contribution is 2.27. The van der Waals surface area contributed by atoms with E-state index < -0.39 is 10.0 Å². The lowest BCUT2D eigenvalue weighted by Gasteiger charge is -2.07. The lowest BCUT2D eigenvalue weighted by Crippen LogP contribution is -2.13. The molecule has 0 fully saturated rings. The Bertz CT molecular complexity index is 699. The third-order valence-electron chi connectivity index (χ3n) is 2.81. The second-order valence-corrected chi connectivity index (χ2v) is 8.33. The smallest absolute Gasteiger partial charge is 0.272 e. The molecule has 0 saturated carbocycles. The van der Waals surface area contributed by atoms with Crippen LogP contribution < -0.4 is 4.72 Å². The van der Waals surface area contributed by atoms with Crippen LogP contribution in [0.2, 0.25) is 0 Å². The molecule has 2 heterocycles. The van der Waals surface area contributed by atoms with Gasteiger partial charge in [0.05, 0.1) is 0 Å². The SMILES string of the molecule is Cc1ccc(S(=O)(=O)Nc2noc(C)c2CC(C)C)s1. The highest BCUT2D eigenvalue weighted by Gasteiger charge is 2.22. The van der Waals surface area contributed by atoms with Crippen molar-refractivity contribution in [2.45, 2.75) is 38.3 Å². The Morgan fingerprint density at radius 1 is 1.35 bits per heavy atom. The van der Waals surface area contributed by atoms with Gasteiger partial charge in [-0.05, 0) is 38.3 Å². The summed E-state index contributed by atoms with van der Waals surface area (Å²) in [6, 6.07) is 3.37. The van der Waals surface area contributed by atoms with E-state index in [9.17, 15) is 8.42 Å². The first-order valence-corrected chi connectivity index (χ1v) is 8.64. The largest absolute Gasteiger partial charge is 0.359 e. The quantitative estimate of drug-likeness (QED) is 0.918. The van der Waals surface area contributed by atoms with Crippen LogP contribution in [0, 0.1) is 19.8 Å². The van der Waals surface area contributed by atoms with Crippen LogP contribution in [0.15, 0.2) is 20.9 Å². The molecule has 110 valence electrons. The lowest BCUT2D eigenvalue weighted by molar-refractivity contribution is 0.398. The van der Waals surface area contributed by atoms with E-state index >= 15 is 0 Å². The normalized spacial score (nSPS) is 12.1. The monoisotopic (exact) mass is 314 g/mol. The Morgan fingerprint density at radius 3 is 2.60 bits per heavy atom. The topological polar surface area (TPSA) is 72.2 Å². The van der Waals surface area contributed by atoms with Crippen molar-refractivity contribution in [2.75, 3.05) is 4.72 Å². The Morgan fingerprint density at radius 2 is 2.05 bits per heavy atom. The van der Waals surface area contributed by atoms with Gasteiger partial charge >= 0.3 is 0 Å². The summed E-state index contributed by atoms with van der Waals surface area (Å²) in [5.74, 6) is 1.33. The van der Waals surface area contributed by atoms with Crippen LogP contribution in [0.4, 0.5) is 5.82 Å². The zero-order valence-corrected chi connectivity index (χ0v) is 13.6. The van der Waals surface area contributed by atoms with Gasteiger partial charge < -0.3 is 4.52 Å². The van der Waals surface area contributed by atoms with E-state index in [-0.39, 0.29) is 4.21 Å². The molecule has 0 aliphatic carbocycles. The minimum Gasteiger partial charge on any atom is -0.359 e. The molecule has 0 bridgehead atoms. The van der Waals surface area contributed by atoms with Crippen molar-refractivity contribution in [3.8, 4) is 0 Å². The Kier molecular flexibility index (Phi) is 4.19. The minimum absolute atomic E-state index is 0.283. The van der Waals surface area contributed by atoms with Gasteiger partial charge in [-0.3, -0.25) is 4.72 Å². The number of aryl methyl sites for hydroxylation is 2. The van der Waals surface area contributed by atoms with Gasteiger partial charge in [-0.25, -0.2) is 8.42 Å². The number of nitrogens with one attached hydrogen (secondary N) is 1. The molecule has 5 nitrogen and oxygen atoms in total. The van der Waals surface area contributed by atoms with Crippen LogP contribution in [0.3, 0.4) is 0 Å². The summed E-state index contributed by atoms with van der Waals surface area (Å²) >= 11 is 1.23. The molecule has 2 aromatic heterocycles. The lowest BCUT2D eigenvalue weighted by atomic mass is 10.0. The van der Waals surface area contributed by atoms with Crippen LogP contribution >= 0.6 is 11.3 Å². The van der Waals surface area contributed by atoms with Crippen LogP contribution in [0.25, 0.3) is 0 Å². The molecular formula is C13H18N2O3S2. The molecule has 0 amide bonds. The fraction of sp³-hybridized carbons (Fsp3) is 0.462. The number of anilines is 1. The molecule has 0 aliphatic rings. The standard InChI is InChI=1S/C13H18N2O3S2/c1-8(2)7-11-10(4)18-14-13(11)15-20(16,17)12-6-5-9(3)19-12/h5-6,8H,7H2,1-4H3,(H,14,15). The van der Waals surface area contributed by atoms with E-state index in [1.54, 1.807) is 19.1 Å². The van der Waals surface area contributed by atoms with Gasteiger partial charge in [0, 0.05) is 10.4 Å². The number of hydrogen-bond acceptors (Lipinski definition) is 5. The summed E-state index contributed by atoms with van der Waals surface area (Å²) in [5.41, 5.74) is 0.817. The third kappa shape index (κ3) is 3.21. The highest BCUT2D eigenvalue weighted by molar-refractivity contribution is 7.94. The first-order valence-electron chi connectivity index (χ1n) is 6.34. The van der Waals surface area contributed by atoms with Crippen molar-refractivity contribution < 1.29 is 12.9 Å². The summed E-state index contributed by atoms with van der Waals surface area (Å²) < 4.78 is 32.5. The van der Waals surface area contributed by atoms with Crippen molar-refractivity contribution in [3.63, 3.8) is 0 Å². The van der Waals surface area contributed by atoms with Crippen molar-refractivity contribution in [1.29, 1.82) is 0 Å². The summed E-state index contributed by atoms with van der Waals surface area (Å²) in [4.78, 5) is 0.948. The highest BCUT2D eigenvalue weighted by atomic mass is 32.2. The average Bonchev–Trinajstić information content (AvgIpc) is 2.89. The molecule has 0 unspecified atom stereocenters. The van der Waals surface area contributed by atoms with E-state index in [4.69, 9.17) is 4.52 Å². The van der Waals surface area contributed by atoms with E-state index in [0.717, 1.165) is 16.9 Å². The maximum atomic E-state index is 12.3. The maximum Gasteiger partial charge on any atom is 0.272 e. The molecular weight excluding hydrogens is 296 g/mol. The summed E-state index contributed by atoms with van der Waals surface area (Å²) in [6.45, 7) is 7.78. The summed E-state index contributed by atoms with van der Waals surface area (Å²) in [6.07, 6.45) is 0.719. The van der Waals surface area contributed by atoms with Gasteiger partial charge in [0.25, 0.3) is 10.0 Å². The molecule has 20 heavy (non-hydrogen) atoms. The van der Waals surface area contributed by atoms with Crippen molar-refractivity contribution in [3.05, 3.63) is 28.3 Å². The number of nitrogens with zero attached hydrogens (tertiary/aromatic N) is 1. The van der Waals surface area contributed by atoms with E-state index in [1.165, 1.54) is 11.3 Å². The number of sulfonamides is 1. The number of hydrogen-bond donors (Lipinski definition) is 1. The molecule has 7 heteroatoms. The second-order valence-electron chi connectivity index (χ2n) is 5.13. The number of thiophene rings is 1. The van der Waals surface area contributed by atoms with Crippen molar-refractivity contribution >= 4 is 27.2 Å². The predicted octanol–water partition coefficient (Wildman–Crippen LogP) is 3.35. The first-order chi connectivity index (χ1) is 9.29. The van der Waals surface area contributed by atoms with Gasteiger partial charge in [0.15, 0.2) is 5.82 Å². The second kappa shape index (κ2) is 5.57. The summed E-state index contributed by atoms with van der Waals surface area (Å²) in [5, 5.41) is 3.83. The molecule has 1 N–H and O–H groups in total. The van der Waals surface area contributed by atoms with E-state index in [0.29, 0.717) is 17.5 Å². The van der Waals surface area contributed by atoms with Crippen LogP contribution in [-0.4, -0.2) is 13.6 Å². The van der Waals surface area contributed by atoms with Gasteiger partial charge in [0.2, 0.25) is 0 Å². The minimum atomic E-state index is -3.59. The molecule has 2 rings (SSSR count). The number of aromatic nitrogens is 1. The number of rotatable bonds is 5. The molecule has 0 atom stereocenters. The van der Waals surface area contributed by atoms with Crippen molar-refractivity contribution in [1.82, 2.24) is 5.16 Å². The van der Waals surface area contributed by atoms with Crippen molar-refractivity contribution in [2.24, 2.45) is 5.92 Å². The Balaban J connectivity index is 2.30. The third-order valence-corrected chi connectivity index (χ3v) is 5.64. The predicted molar refractivity (Wildman–Crippen MR) is 79.6 cm³/mol. The van der Waals surface area contributed by atoms with Gasteiger partial charge in [-0.2, -0.15) is 0 Å². The van der Waals surface area contributed by atoms with Gasteiger partial charge in [-0.15, -0.1) is 11.3 Å².